The molecule has 0 aliphatic rings. The predicted molar refractivity (Wildman–Crippen MR) is 89.0 cm³/mol. The molecule has 0 spiro atoms. The number of carbonyl (C=O) groups is 2. The number of benzene rings is 1. The van der Waals surface area contributed by atoms with Gasteiger partial charge in [-0.25, -0.2) is 14.8 Å². The maximum Gasteiger partial charge on any atom is 0.413 e. The molecule has 122 valence electrons. The monoisotopic (exact) mass is 325 g/mol. The van der Waals surface area contributed by atoms with Crippen LogP contribution in [0.25, 0.3) is 11.0 Å². The van der Waals surface area contributed by atoms with Crippen LogP contribution in [0.5, 0.6) is 0 Å². The topological polar surface area (TPSA) is 109 Å². The molecule has 2 aromatic heterocycles. The minimum Gasteiger partial charge on any atom is -0.453 e. The third-order valence-corrected chi connectivity index (χ3v) is 3.28. The number of aromatic nitrogens is 3. The summed E-state index contributed by atoms with van der Waals surface area (Å²) in [4.78, 5) is 34.9. The van der Waals surface area contributed by atoms with Crippen molar-refractivity contribution in [1.82, 2.24) is 15.0 Å². The summed E-state index contributed by atoms with van der Waals surface area (Å²) in [6.45, 7) is 1.85. The van der Waals surface area contributed by atoms with Crippen molar-refractivity contribution < 1.29 is 14.3 Å². The van der Waals surface area contributed by atoms with Crippen molar-refractivity contribution in [2.45, 2.75) is 6.92 Å². The summed E-state index contributed by atoms with van der Waals surface area (Å²) in [5, 5.41) is 5.18. The number of methoxy groups -OCH3 is 1. The molecule has 0 aliphatic carbocycles. The van der Waals surface area contributed by atoms with E-state index in [1.807, 2.05) is 19.1 Å². The van der Waals surface area contributed by atoms with Gasteiger partial charge in [0.15, 0.2) is 0 Å². The molecule has 2 amide bonds. The molecule has 2 heterocycles. The quantitative estimate of drug-likeness (QED) is 0.686. The normalized spacial score (nSPS) is 10.4. The molecule has 0 radical (unpaired) electrons. The van der Waals surface area contributed by atoms with Gasteiger partial charge in [-0.1, -0.05) is 6.07 Å². The lowest BCUT2D eigenvalue weighted by atomic mass is 10.2. The summed E-state index contributed by atoms with van der Waals surface area (Å²) in [5.74, 6) is 0.444. The molecule has 0 aliphatic heterocycles. The van der Waals surface area contributed by atoms with Crippen molar-refractivity contribution in [2.24, 2.45) is 0 Å². The van der Waals surface area contributed by atoms with Gasteiger partial charge in [0.2, 0.25) is 5.95 Å². The summed E-state index contributed by atoms with van der Waals surface area (Å²) in [6.07, 6.45) is -0.627. The smallest absolute Gasteiger partial charge is 0.413 e. The molecular weight excluding hydrogens is 310 g/mol. The predicted octanol–water partition coefficient (Wildman–Crippen LogP) is 2.70. The Hall–Kier alpha value is -3.42. The zero-order valence-electron chi connectivity index (χ0n) is 13.1. The number of pyridine rings is 1. The minimum absolute atomic E-state index is 0.245. The van der Waals surface area contributed by atoms with Crippen molar-refractivity contribution in [3.63, 3.8) is 0 Å². The number of amides is 2. The van der Waals surface area contributed by atoms with E-state index < -0.39 is 6.09 Å². The molecule has 0 atom stereocenters. The number of H-pyrrole nitrogens is 1. The third kappa shape index (κ3) is 3.32. The highest BCUT2D eigenvalue weighted by molar-refractivity contribution is 6.05. The van der Waals surface area contributed by atoms with Gasteiger partial charge in [-0.2, -0.15) is 0 Å². The fraction of sp³-hybridized carbons (Fsp3) is 0.125. The van der Waals surface area contributed by atoms with Crippen LogP contribution >= 0.6 is 0 Å². The maximum absolute atomic E-state index is 12.3. The average molecular weight is 325 g/mol. The van der Waals surface area contributed by atoms with Crippen molar-refractivity contribution in [3.05, 3.63) is 47.7 Å². The summed E-state index contributed by atoms with van der Waals surface area (Å²) in [5.41, 5.74) is 2.49. The lowest BCUT2D eigenvalue weighted by Crippen LogP contribution is -2.13. The van der Waals surface area contributed by atoms with Crippen LogP contribution in [0.2, 0.25) is 0 Å². The van der Waals surface area contributed by atoms with Crippen LogP contribution in [-0.4, -0.2) is 34.1 Å². The van der Waals surface area contributed by atoms with Crippen molar-refractivity contribution in [3.8, 4) is 0 Å². The molecule has 0 saturated carbocycles. The first-order valence-corrected chi connectivity index (χ1v) is 7.15. The number of hydrogen-bond acceptors (Lipinski definition) is 5. The van der Waals surface area contributed by atoms with Gasteiger partial charge in [0.05, 0.1) is 18.1 Å². The number of nitrogens with zero attached hydrogens (tertiary/aromatic N) is 2. The molecule has 0 bridgehead atoms. The number of anilines is 2. The summed E-state index contributed by atoms with van der Waals surface area (Å²) in [6, 6.07) is 10.4. The Kier molecular flexibility index (Phi) is 4.11. The van der Waals surface area contributed by atoms with Crippen LogP contribution in [0.1, 0.15) is 16.1 Å². The van der Waals surface area contributed by atoms with Gasteiger partial charge in [-0.05, 0) is 37.3 Å². The van der Waals surface area contributed by atoms with E-state index in [2.05, 4.69) is 30.3 Å². The molecule has 1 aromatic carbocycles. The van der Waals surface area contributed by atoms with E-state index in [1.54, 1.807) is 24.3 Å². The Morgan fingerprint density at radius 3 is 2.71 bits per heavy atom. The van der Waals surface area contributed by atoms with Gasteiger partial charge in [0.1, 0.15) is 5.82 Å². The molecule has 8 nitrogen and oxygen atoms in total. The standard InChI is InChI=1S/C16H15N5O3/c1-9-4-3-5-13(17-9)20-14(22)10-6-7-11-12(8-10)19-15(18-11)21-16(23)24-2/h3-8H,1-2H3,(H,17,20,22)(H2,18,19,21,23). The molecule has 3 aromatic rings. The van der Waals surface area contributed by atoms with Crippen molar-refractivity contribution in [1.29, 1.82) is 0 Å². The summed E-state index contributed by atoms with van der Waals surface area (Å²) in [7, 11) is 1.26. The first-order chi connectivity index (χ1) is 11.5. The Morgan fingerprint density at radius 1 is 1.12 bits per heavy atom. The second-order valence-electron chi connectivity index (χ2n) is 5.05. The van der Waals surface area contributed by atoms with Crippen LogP contribution < -0.4 is 10.6 Å². The number of imidazole rings is 1. The fourth-order valence-corrected chi connectivity index (χ4v) is 2.16. The van der Waals surface area contributed by atoms with E-state index in [-0.39, 0.29) is 11.9 Å². The molecule has 0 fully saturated rings. The molecule has 3 rings (SSSR count). The lowest BCUT2D eigenvalue weighted by Gasteiger charge is -2.05. The second kappa shape index (κ2) is 6.37. The van der Waals surface area contributed by atoms with Gasteiger partial charge in [0, 0.05) is 11.3 Å². The van der Waals surface area contributed by atoms with Gasteiger partial charge >= 0.3 is 6.09 Å². The number of carbonyl (C=O) groups excluding carboxylic acids is 2. The molecular formula is C16H15N5O3. The maximum atomic E-state index is 12.3. The Bertz CT molecular complexity index is 919. The van der Waals surface area contributed by atoms with Gasteiger partial charge in [0.25, 0.3) is 5.91 Å². The Balaban J connectivity index is 1.81. The number of aryl methyl sites for hydroxylation is 1. The third-order valence-electron chi connectivity index (χ3n) is 3.28. The van der Waals surface area contributed by atoms with E-state index in [1.165, 1.54) is 7.11 Å². The number of ether oxygens (including phenoxy) is 1. The highest BCUT2D eigenvalue weighted by Gasteiger charge is 2.11. The highest BCUT2D eigenvalue weighted by Crippen LogP contribution is 2.17. The zero-order valence-corrected chi connectivity index (χ0v) is 13.1. The first-order valence-electron chi connectivity index (χ1n) is 7.15. The van der Waals surface area contributed by atoms with E-state index in [9.17, 15) is 9.59 Å². The average Bonchev–Trinajstić information content (AvgIpc) is 2.95. The first kappa shape index (κ1) is 15.5. The van der Waals surface area contributed by atoms with Crippen molar-refractivity contribution >= 4 is 34.8 Å². The van der Waals surface area contributed by atoms with Gasteiger partial charge in [-0.3, -0.25) is 10.1 Å². The fourth-order valence-electron chi connectivity index (χ4n) is 2.16. The van der Waals surface area contributed by atoms with Crippen molar-refractivity contribution in [2.75, 3.05) is 17.7 Å². The summed E-state index contributed by atoms with van der Waals surface area (Å²) >= 11 is 0. The number of hydrogen-bond donors (Lipinski definition) is 3. The van der Waals surface area contributed by atoms with E-state index in [0.717, 1.165) is 5.69 Å². The lowest BCUT2D eigenvalue weighted by molar-refractivity contribution is 0.102. The minimum atomic E-state index is -0.627. The zero-order chi connectivity index (χ0) is 17.1. The molecule has 24 heavy (non-hydrogen) atoms. The number of rotatable bonds is 3. The molecule has 8 heteroatoms. The van der Waals surface area contributed by atoms with E-state index in [4.69, 9.17) is 0 Å². The summed E-state index contributed by atoms with van der Waals surface area (Å²) < 4.78 is 4.51. The number of aromatic amines is 1. The number of fused-ring (bicyclic) bond motifs is 1. The Morgan fingerprint density at radius 2 is 1.96 bits per heavy atom. The Labute approximate surface area is 137 Å². The van der Waals surface area contributed by atoms with Gasteiger partial charge in [-0.15, -0.1) is 0 Å². The second-order valence-corrected chi connectivity index (χ2v) is 5.05. The number of nitrogens with one attached hydrogen (secondary N) is 3. The van der Waals surface area contributed by atoms with Gasteiger partial charge < -0.3 is 15.0 Å². The van der Waals surface area contributed by atoms with E-state index >= 15 is 0 Å². The highest BCUT2D eigenvalue weighted by atomic mass is 16.5. The molecule has 3 N–H and O–H groups in total. The largest absolute Gasteiger partial charge is 0.453 e. The van der Waals surface area contributed by atoms with Crippen LogP contribution in [0.4, 0.5) is 16.6 Å². The SMILES string of the molecule is COC(=O)Nc1nc2ccc(C(=O)Nc3cccc(C)n3)cc2[nH]1. The van der Waals surface area contributed by atoms with Crippen LogP contribution in [-0.2, 0) is 4.74 Å². The molecule has 0 unspecified atom stereocenters. The van der Waals surface area contributed by atoms with Crippen LogP contribution in [0, 0.1) is 6.92 Å². The molecule has 0 saturated heterocycles. The van der Waals surface area contributed by atoms with Crippen LogP contribution in [0.3, 0.4) is 0 Å². The van der Waals surface area contributed by atoms with Crippen LogP contribution in [0.15, 0.2) is 36.4 Å². The van der Waals surface area contributed by atoms with E-state index in [0.29, 0.717) is 22.4 Å².